The predicted octanol–water partition coefficient (Wildman–Crippen LogP) is 3.31. The summed E-state index contributed by atoms with van der Waals surface area (Å²) in [6.07, 6.45) is 5.52. The van der Waals surface area contributed by atoms with Crippen molar-refractivity contribution in [3.05, 3.63) is 36.0 Å². The number of fused-ring (bicyclic) bond motifs is 1. The molecule has 22 heavy (non-hydrogen) atoms. The van der Waals surface area contributed by atoms with Crippen molar-refractivity contribution in [3.63, 3.8) is 0 Å². The second-order valence-electron chi connectivity index (χ2n) is 6.07. The first kappa shape index (κ1) is 16.4. The molecule has 1 heterocycles. The van der Waals surface area contributed by atoms with Crippen molar-refractivity contribution in [2.24, 2.45) is 10.9 Å². The summed E-state index contributed by atoms with van der Waals surface area (Å²) in [4.78, 5) is 7.59. The number of hydrogen-bond donors (Lipinski definition) is 3. The number of nitrogens with one attached hydrogen (secondary N) is 3. The van der Waals surface area contributed by atoms with Crippen molar-refractivity contribution in [2.45, 2.75) is 33.1 Å². The van der Waals surface area contributed by atoms with Gasteiger partial charge in [0.1, 0.15) is 0 Å². The third-order valence-electron chi connectivity index (χ3n) is 3.84. The molecule has 0 bridgehead atoms. The number of para-hydroxylation sites is 1. The molecule has 120 valence electrons. The maximum Gasteiger partial charge on any atom is 0.190 e. The lowest BCUT2D eigenvalue weighted by molar-refractivity contribution is 0.549. The number of aromatic nitrogens is 1. The second kappa shape index (κ2) is 8.47. The maximum absolute atomic E-state index is 4.27. The summed E-state index contributed by atoms with van der Waals surface area (Å²) < 4.78 is 0. The average molecular weight is 300 g/mol. The Morgan fingerprint density at radius 1 is 1.18 bits per heavy atom. The molecule has 0 radical (unpaired) electrons. The van der Waals surface area contributed by atoms with Crippen LogP contribution in [0.5, 0.6) is 0 Å². The number of guanidine groups is 1. The van der Waals surface area contributed by atoms with Crippen LogP contribution in [0.15, 0.2) is 35.5 Å². The Kier molecular flexibility index (Phi) is 6.31. The molecule has 2 aromatic rings. The summed E-state index contributed by atoms with van der Waals surface area (Å²) in [6.45, 7) is 6.37. The van der Waals surface area contributed by atoms with Gasteiger partial charge in [-0.2, -0.15) is 0 Å². The molecule has 0 saturated carbocycles. The molecule has 0 fully saturated rings. The summed E-state index contributed by atoms with van der Waals surface area (Å²) >= 11 is 0. The fourth-order valence-electron chi connectivity index (χ4n) is 2.59. The predicted molar refractivity (Wildman–Crippen MR) is 95.4 cm³/mol. The van der Waals surface area contributed by atoms with Crippen LogP contribution in [0.1, 0.15) is 32.3 Å². The monoisotopic (exact) mass is 300 g/mol. The molecule has 0 aliphatic carbocycles. The lowest BCUT2D eigenvalue weighted by atomic mass is 10.1. The molecule has 0 aliphatic rings. The minimum absolute atomic E-state index is 0.763. The van der Waals surface area contributed by atoms with Crippen LogP contribution in [0.2, 0.25) is 0 Å². The average Bonchev–Trinajstić information content (AvgIpc) is 2.93. The van der Waals surface area contributed by atoms with Gasteiger partial charge in [0.2, 0.25) is 0 Å². The van der Waals surface area contributed by atoms with Gasteiger partial charge < -0.3 is 15.6 Å². The number of aliphatic imine (C=N–C) groups is 1. The second-order valence-corrected chi connectivity index (χ2v) is 6.07. The van der Waals surface area contributed by atoms with E-state index in [0.717, 1.165) is 31.4 Å². The molecular formula is C18H28N4. The van der Waals surface area contributed by atoms with Gasteiger partial charge in [0.15, 0.2) is 5.96 Å². The molecule has 0 saturated heterocycles. The number of rotatable bonds is 7. The zero-order valence-electron chi connectivity index (χ0n) is 13.9. The normalized spacial score (nSPS) is 12.1. The van der Waals surface area contributed by atoms with E-state index in [2.05, 4.69) is 64.9 Å². The van der Waals surface area contributed by atoms with Gasteiger partial charge in [-0.05, 0) is 36.8 Å². The van der Waals surface area contributed by atoms with Gasteiger partial charge in [-0.1, -0.05) is 32.0 Å². The number of H-pyrrole nitrogens is 1. The SMILES string of the molecule is CN=C(NCCCC(C)C)NCCc1c[nH]c2ccccc12. The molecule has 0 aliphatic heterocycles. The van der Waals surface area contributed by atoms with Crippen LogP contribution in [-0.2, 0) is 6.42 Å². The summed E-state index contributed by atoms with van der Waals surface area (Å²) in [6, 6.07) is 8.42. The molecule has 0 atom stereocenters. The first-order valence-corrected chi connectivity index (χ1v) is 8.20. The van der Waals surface area contributed by atoms with Crippen LogP contribution >= 0.6 is 0 Å². The van der Waals surface area contributed by atoms with Gasteiger partial charge in [-0.25, -0.2) is 0 Å². The van der Waals surface area contributed by atoms with E-state index >= 15 is 0 Å². The third-order valence-corrected chi connectivity index (χ3v) is 3.84. The van der Waals surface area contributed by atoms with Crippen LogP contribution in [0.3, 0.4) is 0 Å². The van der Waals surface area contributed by atoms with Crippen LogP contribution in [-0.4, -0.2) is 31.1 Å². The highest BCUT2D eigenvalue weighted by Gasteiger charge is 2.03. The van der Waals surface area contributed by atoms with Crippen molar-refractivity contribution in [2.75, 3.05) is 20.1 Å². The molecule has 2 rings (SSSR count). The Hall–Kier alpha value is -1.97. The number of nitrogens with zero attached hydrogens (tertiary/aromatic N) is 1. The van der Waals surface area contributed by atoms with Gasteiger partial charge in [0, 0.05) is 37.2 Å². The minimum Gasteiger partial charge on any atom is -0.361 e. The number of hydrogen-bond acceptors (Lipinski definition) is 1. The van der Waals surface area contributed by atoms with E-state index in [4.69, 9.17) is 0 Å². The van der Waals surface area contributed by atoms with Crippen LogP contribution in [0, 0.1) is 5.92 Å². The standard InChI is InChI=1S/C18H28N4/c1-14(2)7-6-11-20-18(19-3)21-12-10-15-13-22-17-9-5-4-8-16(15)17/h4-5,8-9,13-14,22H,6-7,10-12H2,1-3H3,(H2,19,20,21). The molecule has 1 aromatic heterocycles. The zero-order valence-corrected chi connectivity index (χ0v) is 13.9. The van der Waals surface area contributed by atoms with Crippen LogP contribution < -0.4 is 10.6 Å². The summed E-state index contributed by atoms with van der Waals surface area (Å²) in [5, 5.41) is 8.07. The molecule has 4 heteroatoms. The topological polar surface area (TPSA) is 52.2 Å². The van der Waals surface area contributed by atoms with Crippen molar-refractivity contribution in [3.8, 4) is 0 Å². The molecule has 0 amide bonds. The van der Waals surface area contributed by atoms with Gasteiger partial charge >= 0.3 is 0 Å². The lowest BCUT2D eigenvalue weighted by Crippen LogP contribution is -2.38. The van der Waals surface area contributed by atoms with E-state index in [9.17, 15) is 0 Å². The molecular weight excluding hydrogens is 272 g/mol. The number of aromatic amines is 1. The van der Waals surface area contributed by atoms with Crippen molar-refractivity contribution < 1.29 is 0 Å². The van der Waals surface area contributed by atoms with E-state index in [0.29, 0.717) is 0 Å². The van der Waals surface area contributed by atoms with Crippen LogP contribution in [0.4, 0.5) is 0 Å². The van der Waals surface area contributed by atoms with Gasteiger partial charge in [-0.3, -0.25) is 4.99 Å². The fourth-order valence-corrected chi connectivity index (χ4v) is 2.59. The largest absolute Gasteiger partial charge is 0.361 e. The van der Waals surface area contributed by atoms with Crippen molar-refractivity contribution in [1.82, 2.24) is 15.6 Å². The summed E-state index contributed by atoms with van der Waals surface area (Å²) in [5.74, 6) is 1.65. The molecule has 3 N–H and O–H groups in total. The maximum atomic E-state index is 4.27. The smallest absolute Gasteiger partial charge is 0.190 e. The van der Waals surface area contributed by atoms with Gasteiger partial charge in [0.05, 0.1) is 0 Å². The first-order valence-electron chi connectivity index (χ1n) is 8.20. The van der Waals surface area contributed by atoms with Crippen molar-refractivity contribution >= 4 is 16.9 Å². The first-order chi connectivity index (χ1) is 10.7. The third kappa shape index (κ3) is 4.79. The quantitative estimate of drug-likeness (QED) is 0.417. The lowest BCUT2D eigenvalue weighted by Gasteiger charge is -2.12. The van der Waals surface area contributed by atoms with E-state index in [1.54, 1.807) is 0 Å². The van der Waals surface area contributed by atoms with E-state index in [1.807, 2.05) is 7.05 Å². The molecule has 0 spiro atoms. The Morgan fingerprint density at radius 2 is 1.95 bits per heavy atom. The Morgan fingerprint density at radius 3 is 2.73 bits per heavy atom. The zero-order chi connectivity index (χ0) is 15.8. The fraction of sp³-hybridized carbons (Fsp3) is 0.500. The molecule has 4 nitrogen and oxygen atoms in total. The Balaban J connectivity index is 1.74. The molecule has 1 aromatic carbocycles. The highest BCUT2D eigenvalue weighted by molar-refractivity contribution is 5.83. The summed E-state index contributed by atoms with van der Waals surface area (Å²) in [7, 11) is 1.82. The number of benzene rings is 1. The highest BCUT2D eigenvalue weighted by Crippen LogP contribution is 2.17. The van der Waals surface area contributed by atoms with Gasteiger partial charge in [-0.15, -0.1) is 0 Å². The summed E-state index contributed by atoms with van der Waals surface area (Å²) in [5.41, 5.74) is 2.55. The van der Waals surface area contributed by atoms with E-state index < -0.39 is 0 Å². The van der Waals surface area contributed by atoms with Crippen molar-refractivity contribution in [1.29, 1.82) is 0 Å². The Bertz CT molecular complexity index is 598. The van der Waals surface area contributed by atoms with Gasteiger partial charge in [0.25, 0.3) is 0 Å². The van der Waals surface area contributed by atoms with E-state index in [1.165, 1.54) is 29.3 Å². The Labute approximate surface area is 133 Å². The minimum atomic E-state index is 0.763. The highest BCUT2D eigenvalue weighted by atomic mass is 15.2. The molecule has 0 unspecified atom stereocenters. The van der Waals surface area contributed by atoms with E-state index in [-0.39, 0.29) is 0 Å². The van der Waals surface area contributed by atoms with Crippen LogP contribution in [0.25, 0.3) is 10.9 Å².